The van der Waals surface area contributed by atoms with Crippen LogP contribution in [0.1, 0.15) is 44.9 Å². The summed E-state index contributed by atoms with van der Waals surface area (Å²) >= 11 is 0. The van der Waals surface area contributed by atoms with Crippen molar-refractivity contribution in [2.45, 2.75) is 44.9 Å². The summed E-state index contributed by atoms with van der Waals surface area (Å²) in [6.45, 7) is 6.20. The molecule has 4 aliphatic carbocycles. The predicted molar refractivity (Wildman–Crippen MR) is 94.9 cm³/mol. The molecule has 1 heterocycles. The van der Waals surface area contributed by atoms with Gasteiger partial charge in [-0.25, -0.2) is 4.79 Å². The molecule has 0 aromatic carbocycles. The maximum absolute atomic E-state index is 12.9. The third-order valence-corrected chi connectivity index (χ3v) is 6.91. The van der Waals surface area contributed by atoms with E-state index in [1.165, 1.54) is 38.5 Å². The Morgan fingerprint density at radius 2 is 1.48 bits per heavy atom. The normalized spacial score (nSPS) is 36.4. The van der Waals surface area contributed by atoms with Crippen LogP contribution in [0.3, 0.4) is 0 Å². The highest BCUT2D eigenvalue weighted by Gasteiger charge is 2.51. The molecule has 4 saturated carbocycles. The Kier molecular flexibility index (Phi) is 4.50. The molecule has 0 aromatic rings. The first-order valence-electron chi connectivity index (χ1n) is 9.87. The first-order valence-corrected chi connectivity index (χ1v) is 9.87. The van der Waals surface area contributed by atoms with Gasteiger partial charge in [0.1, 0.15) is 6.61 Å². The topological polar surface area (TPSA) is 49.9 Å². The number of rotatable bonds is 4. The van der Waals surface area contributed by atoms with Crippen LogP contribution in [0.2, 0.25) is 0 Å². The lowest BCUT2D eigenvalue weighted by molar-refractivity contribution is -0.141. The standard InChI is InChI=1S/C20H30N2O3/c1-2-7-25-19(24)22-5-3-21(4-6-22)18(23)14-20-11-15-8-16(12-20)10-17(9-15)13-20/h2,15-17H,1,3-14H2. The van der Waals surface area contributed by atoms with Crippen LogP contribution in [0, 0.1) is 23.2 Å². The maximum atomic E-state index is 12.9. The van der Waals surface area contributed by atoms with Crippen molar-refractivity contribution in [3.8, 4) is 0 Å². The van der Waals surface area contributed by atoms with E-state index in [1.807, 2.05) is 4.90 Å². The zero-order valence-corrected chi connectivity index (χ0v) is 15.1. The molecule has 0 N–H and O–H groups in total. The van der Waals surface area contributed by atoms with Crippen LogP contribution in [0.25, 0.3) is 0 Å². The third-order valence-electron chi connectivity index (χ3n) is 6.91. The highest BCUT2D eigenvalue weighted by Crippen LogP contribution is 2.61. The lowest BCUT2D eigenvalue weighted by Crippen LogP contribution is -2.53. The first-order chi connectivity index (χ1) is 12.1. The number of hydrogen-bond donors (Lipinski definition) is 0. The van der Waals surface area contributed by atoms with Gasteiger partial charge >= 0.3 is 6.09 Å². The summed E-state index contributed by atoms with van der Waals surface area (Å²) in [6, 6.07) is 0. The Bertz CT molecular complexity index is 516. The Morgan fingerprint density at radius 1 is 0.960 bits per heavy atom. The van der Waals surface area contributed by atoms with Crippen molar-refractivity contribution >= 4 is 12.0 Å². The van der Waals surface area contributed by atoms with E-state index < -0.39 is 0 Å². The molecule has 5 heteroatoms. The van der Waals surface area contributed by atoms with Gasteiger partial charge in [-0.2, -0.15) is 0 Å². The highest BCUT2D eigenvalue weighted by molar-refractivity contribution is 5.77. The fraction of sp³-hybridized carbons (Fsp3) is 0.800. The van der Waals surface area contributed by atoms with Crippen molar-refractivity contribution in [1.82, 2.24) is 9.80 Å². The minimum Gasteiger partial charge on any atom is -0.445 e. The van der Waals surface area contributed by atoms with E-state index in [2.05, 4.69) is 6.58 Å². The Morgan fingerprint density at radius 3 is 2.00 bits per heavy atom. The summed E-state index contributed by atoms with van der Waals surface area (Å²) in [5.41, 5.74) is 0.297. The van der Waals surface area contributed by atoms with Gasteiger partial charge in [-0.05, 0) is 61.7 Å². The van der Waals surface area contributed by atoms with E-state index in [1.54, 1.807) is 11.0 Å². The lowest BCUT2D eigenvalue weighted by atomic mass is 9.49. The number of ether oxygens (including phenoxy) is 1. The van der Waals surface area contributed by atoms with Crippen LogP contribution in [0.5, 0.6) is 0 Å². The van der Waals surface area contributed by atoms with Crippen molar-refractivity contribution in [2.75, 3.05) is 32.8 Å². The van der Waals surface area contributed by atoms with Gasteiger partial charge in [-0.15, -0.1) is 0 Å². The molecular weight excluding hydrogens is 316 g/mol. The zero-order valence-electron chi connectivity index (χ0n) is 15.1. The first kappa shape index (κ1) is 16.9. The van der Waals surface area contributed by atoms with Gasteiger partial charge in [0.2, 0.25) is 5.91 Å². The summed E-state index contributed by atoms with van der Waals surface area (Å²) in [7, 11) is 0. The smallest absolute Gasteiger partial charge is 0.410 e. The second-order valence-corrected chi connectivity index (χ2v) is 8.83. The van der Waals surface area contributed by atoms with E-state index in [0.29, 0.717) is 37.5 Å². The van der Waals surface area contributed by atoms with Crippen molar-refractivity contribution in [2.24, 2.45) is 23.2 Å². The molecule has 25 heavy (non-hydrogen) atoms. The minimum atomic E-state index is -0.298. The molecule has 5 rings (SSSR count). The lowest BCUT2D eigenvalue weighted by Gasteiger charge is -2.57. The van der Waals surface area contributed by atoms with E-state index in [-0.39, 0.29) is 12.7 Å². The van der Waals surface area contributed by atoms with Gasteiger partial charge in [0, 0.05) is 32.6 Å². The Labute approximate surface area is 150 Å². The molecule has 138 valence electrons. The summed E-state index contributed by atoms with van der Waals surface area (Å²) in [5.74, 6) is 2.96. The molecule has 4 bridgehead atoms. The van der Waals surface area contributed by atoms with Crippen LogP contribution < -0.4 is 0 Å². The number of carbonyl (C=O) groups is 2. The number of nitrogens with zero attached hydrogens (tertiary/aromatic N) is 2. The molecule has 0 unspecified atom stereocenters. The molecule has 0 atom stereocenters. The fourth-order valence-corrected chi connectivity index (χ4v) is 6.30. The van der Waals surface area contributed by atoms with Crippen molar-refractivity contribution < 1.29 is 14.3 Å². The van der Waals surface area contributed by atoms with E-state index in [9.17, 15) is 9.59 Å². The zero-order chi connectivity index (χ0) is 17.4. The molecule has 0 spiro atoms. The molecule has 1 saturated heterocycles. The SMILES string of the molecule is C=CCOC(=O)N1CCN(C(=O)CC23CC4CC(CC(C4)C2)C3)CC1. The van der Waals surface area contributed by atoms with E-state index in [0.717, 1.165) is 24.2 Å². The molecule has 1 aliphatic heterocycles. The Hall–Kier alpha value is -1.52. The third kappa shape index (κ3) is 3.42. The van der Waals surface area contributed by atoms with Crippen LogP contribution in [-0.4, -0.2) is 54.6 Å². The van der Waals surface area contributed by atoms with Gasteiger partial charge in [0.25, 0.3) is 0 Å². The summed E-state index contributed by atoms with van der Waals surface area (Å²) in [5, 5.41) is 0. The van der Waals surface area contributed by atoms with Crippen LogP contribution in [-0.2, 0) is 9.53 Å². The quantitative estimate of drug-likeness (QED) is 0.735. The maximum Gasteiger partial charge on any atom is 0.410 e. The molecule has 5 aliphatic rings. The van der Waals surface area contributed by atoms with Gasteiger partial charge in [-0.3, -0.25) is 4.79 Å². The number of piperazine rings is 1. The largest absolute Gasteiger partial charge is 0.445 e. The van der Waals surface area contributed by atoms with E-state index >= 15 is 0 Å². The van der Waals surface area contributed by atoms with Gasteiger partial charge in [0.05, 0.1) is 0 Å². The summed E-state index contributed by atoms with van der Waals surface area (Å²) < 4.78 is 5.08. The number of hydrogen-bond acceptors (Lipinski definition) is 3. The van der Waals surface area contributed by atoms with Crippen molar-refractivity contribution in [3.63, 3.8) is 0 Å². The Balaban J connectivity index is 1.30. The summed E-state index contributed by atoms with van der Waals surface area (Å²) in [4.78, 5) is 28.5. The molecule has 0 aromatic heterocycles. The van der Waals surface area contributed by atoms with Crippen molar-refractivity contribution in [1.29, 1.82) is 0 Å². The number of amides is 2. The van der Waals surface area contributed by atoms with Crippen LogP contribution in [0.15, 0.2) is 12.7 Å². The predicted octanol–water partition coefficient (Wildman–Crippen LogP) is 3.06. The molecule has 5 fully saturated rings. The number of carbonyl (C=O) groups excluding carboxylic acids is 2. The van der Waals surface area contributed by atoms with Crippen LogP contribution >= 0.6 is 0 Å². The monoisotopic (exact) mass is 346 g/mol. The van der Waals surface area contributed by atoms with Gasteiger partial charge in [-0.1, -0.05) is 12.7 Å². The van der Waals surface area contributed by atoms with Gasteiger partial charge < -0.3 is 14.5 Å². The fourth-order valence-electron chi connectivity index (χ4n) is 6.30. The molecular formula is C20H30N2O3. The minimum absolute atomic E-state index is 0.240. The summed E-state index contributed by atoms with van der Waals surface area (Å²) in [6.07, 6.45) is 10.1. The molecule has 0 radical (unpaired) electrons. The van der Waals surface area contributed by atoms with E-state index in [4.69, 9.17) is 4.74 Å². The molecule has 5 nitrogen and oxygen atoms in total. The second-order valence-electron chi connectivity index (χ2n) is 8.83. The average Bonchev–Trinajstić information content (AvgIpc) is 2.58. The molecule has 2 amide bonds. The second kappa shape index (κ2) is 6.65. The highest BCUT2D eigenvalue weighted by atomic mass is 16.6. The van der Waals surface area contributed by atoms with Gasteiger partial charge in [0.15, 0.2) is 0 Å². The van der Waals surface area contributed by atoms with Crippen molar-refractivity contribution in [3.05, 3.63) is 12.7 Å². The van der Waals surface area contributed by atoms with Crippen LogP contribution in [0.4, 0.5) is 4.79 Å². The average molecular weight is 346 g/mol.